The van der Waals surface area contributed by atoms with Crippen LogP contribution in [0, 0.1) is 19.8 Å². The number of benzene rings is 2. The molecule has 0 radical (unpaired) electrons. The Bertz CT molecular complexity index is 975. The van der Waals surface area contributed by atoms with Gasteiger partial charge in [-0.3, -0.25) is 14.9 Å². The van der Waals surface area contributed by atoms with Crippen molar-refractivity contribution in [1.29, 1.82) is 0 Å². The Balaban J connectivity index is 1.51. The number of carbonyl (C=O) groups excluding carboxylic acids is 2. The summed E-state index contributed by atoms with van der Waals surface area (Å²) in [5.74, 6) is -0.196. The molecule has 1 fully saturated rings. The third-order valence-corrected chi connectivity index (χ3v) is 4.99. The highest BCUT2D eigenvalue weighted by Gasteiger charge is 2.36. The summed E-state index contributed by atoms with van der Waals surface area (Å²) in [6, 6.07) is 13.5. The van der Waals surface area contributed by atoms with E-state index in [0.717, 1.165) is 27.8 Å². The summed E-state index contributed by atoms with van der Waals surface area (Å²) in [5, 5.41) is 2.81. The zero-order valence-corrected chi connectivity index (χ0v) is 14.7. The Kier molecular flexibility index (Phi) is 3.95. The first-order valence-corrected chi connectivity index (χ1v) is 8.65. The highest BCUT2D eigenvalue weighted by atomic mass is 16.2. The van der Waals surface area contributed by atoms with Crippen LogP contribution >= 0.6 is 0 Å². The molecule has 0 bridgehead atoms. The van der Waals surface area contributed by atoms with Crippen LogP contribution in [0.5, 0.6) is 0 Å². The lowest BCUT2D eigenvalue weighted by Gasteiger charge is -2.20. The van der Waals surface area contributed by atoms with Crippen molar-refractivity contribution in [2.45, 2.75) is 20.3 Å². The van der Waals surface area contributed by atoms with Gasteiger partial charge >= 0.3 is 0 Å². The number of aromatic nitrogens is 2. The largest absolute Gasteiger partial charge is 0.324 e. The normalized spacial score (nSPS) is 17.1. The van der Waals surface area contributed by atoms with Gasteiger partial charge in [0.2, 0.25) is 17.8 Å². The highest BCUT2D eigenvalue weighted by Crippen LogP contribution is 2.30. The number of fused-ring (bicyclic) bond motifs is 1. The number of anilines is 2. The van der Waals surface area contributed by atoms with Gasteiger partial charge in [0.15, 0.2) is 0 Å². The molecule has 0 spiro atoms. The zero-order chi connectivity index (χ0) is 18.3. The zero-order valence-electron chi connectivity index (χ0n) is 14.7. The van der Waals surface area contributed by atoms with E-state index >= 15 is 0 Å². The molecule has 1 atom stereocenters. The summed E-state index contributed by atoms with van der Waals surface area (Å²) in [6.45, 7) is 4.40. The van der Waals surface area contributed by atoms with Gasteiger partial charge in [0.05, 0.1) is 17.0 Å². The first-order valence-electron chi connectivity index (χ1n) is 8.65. The number of nitrogens with one attached hydrogen (secondary N) is 2. The third-order valence-electron chi connectivity index (χ3n) is 4.99. The number of para-hydroxylation sites is 2. The fourth-order valence-corrected chi connectivity index (χ4v) is 3.37. The van der Waals surface area contributed by atoms with E-state index in [-0.39, 0.29) is 18.2 Å². The molecule has 1 aliphatic rings. The van der Waals surface area contributed by atoms with Crippen LogP contribution in [0.1, 0.15) is 17.5 Å². The van der Waals surface area contributed by atoms with E-state index < -0.39 is 5.92 Å². The van der Waals surface area contributed by atoms with E-state index in [1.807, 2.05) is 56.3 Å². The van der Waals surface area contributed by atoms with Gasteiger partial charge in [0, 0.05) is 18.7 Å². The van der Waals surface area contributed by atoms with Crippen LogP contribution in [-0.2, 0) is 9.59 Å². The minimum absolute atomic E-state index is 0.0246. The van der Waals surface area contributed by atoms with E-state index in [2.05, 4.69) is 15.3 Å². The number of nitrogens with zero attached hydrogens (tertiary/aromatic N) is 2. The van der Waals surface area contributed by atoms with Crippen molar-refractivity contribution in [3.05, 3.63) is 53.6 Å². The van der Waals surface area contributed by atoms with Crippen LogP contribution in [-0.4, -0.2) is 28.3 Å². The summed E-state index contributed by atoms with van der Waals surface area (Å²) in [4.78, 5) is 34.2. The molecule has 6 heteroatoms. The van der Waals surface area contributed by atoms with Crippen molar-refractivity contribution in [2.75, 3.05) is 16.8 Å². The molecule has 132 valence electrons. The molecule has 1 aromatic heterocycles. The second kappa shape index (κ2) is 6.29. The predicted molar refractivity (Wildman–Crippen MR) is 101 cm³/mol. The standard InChI is InChI=1S/C20H20N4O2/c1-12-6-5-9-17(13(12)2)24-11-14(10-18(24)25)19(26)23-20-21-15-7-3-4-8-16(15)22-20/h3-9,14H,10-11H2,1-2H3,(H2,21,22,23,26)/t14-/m1/s1. The minimum atomic E-state index is -0.393. The number of aryl methyl sites for hydroxylation is 1. The van der Waals surface area contributed by atoms with E-state index in [4.69, 9.17) is 0 Å². The molecule has 4 rings (SSSR count). The summed E-state index contributed by atoms with van der Waals surface area (Å²) >= 11 is 0. The molecule has 6 nitrogen and oxygen atoms in total. The number of hydrogen-bond acceptors (Lipinski definition) is 3. The number of carbonyl (C=O) groups is 2. The SMILES string of the molecule is Cc1cccc(N2C[C@H](C(=O)Nc3nc4ccccc4[nH]3)CC2=O)c1C. The molecule has 1 aliphatic heterocycles. The molecular formula is C20H20N4O2. The summed E-state index contributed by atoms with van der Waals surface area (Å²) < 4.78 is 0. The quantitative estimate of drug-likeness (QED) is 0.763. The fourth-order valence-electron chi connectivity index (χ4n) is 3.37. The summed E-state index contributed by atoms with van der Waals surface area (Å²) in [7, 11) is 0. The Labute approximate surface area is 151 Å². The Morgan fingerprint density at radius 3 is 2.81 bits per heavy atom. The Morgan fingerprint density at radius 2 is 2.00 bits per heavy atom. The molecule has 2 aromatic carbocycles. The lowest BCUT2D eigenvalue weighted by molar-refractivity contribution is -0.122. The van der Waals surface area contributed by atoms with Crippen LogP contribution in [0.2, 0.25) is 0 Å². The van der Waals surface area contributed by atoms with Gasteiger partial charge in [0.25, 0.3) is 0 Å². The number of H-pyrrole nitrogens is 1. The first-order chi connectivity index (χ1) is 12.5. The molecule has 0 aliphatic carbocycles. The second-order valence-electron chi connectivity index (χ2n) is 6.72. The molecule has 3 aromatic rings. The van der Waals surface area contributed by atoms with E-state index in [1.54, 1.807) is 4.90 Å². The van der Waals surface area contributed by atoms with Crippen LogP contribution in [0.15, 0.2) is 42.5 Å². The molecule has 2 N–H and O–H groups in total. The number of aromatic amines is 1. The number of rotatable bonds is 3. The Hall–Kier alpha value is -3.15. The lowest BCUT2D eigenvalue weighted by Crippen LogP contribution is -2.28. The Morgan fingerprint density at radius 1 is 1.19 bits per heavy atom. The first kappa shape index (κ1) is 16.3. The maximum Gasteiger partial charge on any atom is 0.232 e. The summed E-state index contributed by atoms with van der Waals surface area (Å²) in [5.41, 5.74) is 4.74. The van der Waals surface area contributed by atoms with E-state index in [0.29, 0.717) is 12.5 Å². The van der Waals surface area contributed by atoms with Crippen LogP contribution in [0.4, 0.5) is 11.6 Å². The number of hydrogen-bond donors (Lipinski definition) is 2. The van der Waals surface area contributed by atoms with E-state index in [1.165, 1.54) is 0 Å². The third kappa shape index (κ3) is 2.83. The van der Waals surface area contributed by atoms with Crippen molar-refractivity contribution in [2.24, 2.45) is 5.92 Å². The average Bonchev–Trinajstić information content (AvgIpc) is 3.20. The fraction of sp³-hybridized carbons (Fsp3) is 0.250. The van der Waals surface area contributed by atoms with Gasteiger partial charge in [-0.15, -0.1) is 0 Å². The smallest absolute Gasteiger partial charge is 0.232 e. The van der Waals surface area contributed by atoms with Crippen LogP contribution in [0.25, 0.3) is 11.0 Å². The average molecular weight is 348 g/mol. The highest BCUT2D eigenvalue weighted by molar-refractivity contribution is 6.03. The van der Waals surface area contributed by atoms with Gasteiger partial charge < -0.3 is 9.88 Å². The monoisotopic (exact) mass is 348 g/mol. The van der Waals surface area contributed by atoms with Gasteiger partial charge in [-0.05, 0) is 43.2 Å². The molecule has 2 heterocycles. The molecule has 2 amide bonds. The number of amides is 2. The molecule has 1 saturated heterocycles. The molecule has 0 unspecified atom stereocenters. The lowest BCUT2D eigenvalue weighted by atomic mass is 10.1. The molecule has 0 saturated carbocycles. The maximum atomic E-state index is 12.6. The molecule has 26 heavy (non-hydrogen) atoms. The van der Waals surface area contributed by atoms with Crippen molar-refractivity contribution >= 4 is 34.5 Å². The van der Waals surface area contributed by atoms with Gasteiger partial charge in [0.1, 0.15) is 0 Å². The molecular weight excluding hydrogens is 328 g/mol. The van der Waals surface area contributed by atoms with Gasteiger partial charge in [-0.25, -0.2) is 4.98 Å². The van der Waals surface area contributed by atoms with Crippen molar-refractivity contribution in [3.8, 4) is 0 Å². The summed E-state index contributed by atoms with van der Waals surface area (Å²) in [6.07, 6.45) is 0.208. The predicted octanol–water partition coefficient (Wildman–Crippen LogP) is 3.17. The van der Waals surface area contributed by atoms with Gasteiger partial charge in [-0.1, -0.05) is 24.3 Å². The number of imidazole rings is 1. The maximum absolute atomic E-state index is 12.6. The van der Waals surface area contributed by atoms with Crippen molar-refractivity contribution < 1.29 is 9.59 Å². The van der Waals surface area contributed by atoms with Gasteiger partial charge in [-0.2, -0.15) is 0 Å². The van der Waals surface area contributed by atoms with Crippen LogP contribution in [0.3, 0.4) is 0 Å². The van der Waals surface area contributed by atoms with Crippen molar-refractivity contribution in [3.63, 3.8) is 0 Å². The minimum Gasteiger partial charge on any atom is -0.324 e. The van der Waals surface area contributed by atoms with E-state index in [9.17, 15) is 9.59 Å². The topological polar surface area (TPSA) is 78.1 Å². The van der Waals surface area contributed by atoms with Crippen molar-refractivity contribution in [1.82, 2.24) is 9.97 Å². The van der Waals surface area contributed by atoms with Crippen LogP contribution < -0.4 is 10.2 Å². The second-order valence-corrected chi connectivity index (χ2v) is 6.72.